The van der Waals surface area contributed by atoms with Crippen LogP contribution in [0.4, 0.5) is 5.82 Å². The van der Waals surface area contributed by atoms with E-state index in [2.05, 4.69) is 32.6 Å². The van der Waals surface area contributed by atoms with Gasteiger partial charge in [-0.05, 0) is 44.2 Å². The van der Waals surface area contributed by atoms with E-state index in [1.54, 1.807) is 0 Å². The smallest absolute Gasteiger partial charge is 0.223 e. The fourth-order valence-corrected chi connectivity index (χ4v) is 3.87. The maximum atomic E-state index is 12.2. The number of aromatic nitrogens is 4. The van der Waals surface area contributed by atoms with Crippen molar-refractivity contribution in [2.24, 2.45) is 11.8 Å². The quantitative estimate of drug-likeness (QED) is 0.832. The van der Waals surface area contributed by atoms with Crippen molar-refractivity contribution in [3.05, 3.63) is 30.1 Å². The normalized spacial score (nSPS) is 23.2. The van der Waals surface area contributed by atoms with Gasteiger partial charge in [-0.15, -0.1) is 15.3 Å². The van der Waals surface area contributed by atoms with Gasteiger partial charge in [-0.25, -0.2) is 0 Å². The second-order valence-corrected chi connectivity index (χ2v) is 7.79. The maximum Gasteiger partial charge on any atom is 0.223 e. The van der Waals surface area contributed by atoms with E-state index in [0.717, 1.165) is 56.2 Å². The predicted molar refractivity (Wildman–Crippen MR) is 98.0 cm³/mol. The molecule has 136 valence electrons. The molecule has 0 radical (unpaired) electrons. The van der Waals surface area contributed by atoms with Crippen LogP contribution in [0.2, 0.25) is 0 Å². The molecule has 1 atom stereocenters. The molecule has 0 spiro atoms. The largest absolute Gasteiger partial charge is 0.355 e. The standard InChI is InChI=1S/C19H24N6O/c26-19(15-4-2-1-3-5-15)20-10-13-11-24(12-13)17-9-8-16-21-22-18(14-6-7-14)25(16)23-17/h1-2,8-9,13-15H,3-7,10-12H2,(H,20,26). The average molecular weight is 352 g/mol. The molecule has 0 aromatic carbocycles. The summed E-state index contributed by atoms with van der Waals surface area (Å²) in [6.07, 6.45) is 9.56. The zero-order valence-electron chi connectivity index (χ0n) is 14.8. The SMILES string of the molecule is O=C(NCC1CN(c2ccc3nnc(C4CC4)n3n2)C1)C1CC=CCC1. The van der Waals surface area contributed by atoms with Gasteiger partial charge in [0.25, 0.3) is 0 Å². The molecule has 2 aromatic heterocycles. The minimum Gasteiger partial charge on any atom is -0.355 e. The molecule has 1 saturated heterocycles. The van der Waals surface area contributed by atoms with Crippen LogP contribution in [-0.4, -0.2) is 45.4 Å². The zero-order chi connectivity index (χ0) is 17.5. The number of carbonyl (C=O) groups excluding carboxylic acids is 1. The Morgan fingerprint density at radius 2 is 2.04 bits per heavy atom. The number of nitrogens with one attached hydrogen (secondary N) is 1. The van der Waals surface area contributed by atoms with Crippen molar-refractivity contribution in [1.29, 1.82) is 0 Å². The molecule has 0 bridgehead atoms. The number of fused-ring (bicyclic) bond motifs is 1. The number of nitrogens with zero attached hydrogens (tertiary/aromatic N) is 5. The molecule has 1 aliphatic heterocycles. The lowest BCUT2D eigenvalue weighted by Gasteiger charge is -2.40. The average Bonchev–Trinajstić information content (AvgIpc) is 3.40. The summed E-state index contributed by atoms with van der Waals surface area (Å²) in [5.41, 5.74) is 0.821. The van der Waals surface area contributed by atoms with Crippen LogP contribution in [0.15, 0.2) is 24.3 Å². The highest BCUT2D eigenvalue weighted by molar-refractivity contribution is 5.79. The summed E-state index contributed by atoms with van der Waals surface area (Å²) in [7, 11) is 0. The van der Waals surface area contributed by atoms with Crippen molar-refractivity contribution in [1.82, 2.24) is 25.1 Å². The molecular formula is C19H24N6O. The van der Waals surface area contributed by atoms with Gasteiger partial charge in [-0.1, -0.05) is 12.2 Å². The fraction of sp³-hybridized carbons (Fsp3) is 0.579. The number of allylic oxidation sites excluding steroid dienone is 2. The Balaban J connectivity index is 1.16. The third-order valence-electron chi connectivity index (χ3n) is 5.70. The van der Waals surface area contributed by atoms with Crippen molar-refractivity contribution in [2.75, 3.05) is 24.5 Å². The van der Waals surface area contributed by atoms with Gasteiger partial charge < -0.3 is 10.2 Å². The molecule has 2 aromatic rings. The second-order valence-electron chi connectivity index (χ2n) is 7.79. The molecule has 1 saturated carbocycles. The van der Waals surface area contributed by atoms with E-state index in [1.165, 1.54) is 12.8 Å². The summed E-state index contributed by atoms with van der Waals surface area (Å²) < 4.78 is 1.90. The minimum absolute atomic E-state index is 0.162. The second kappa shape index (κ2) is 6.37. The lowest BCUT2D eigenvalue weighted by Crippen LogP contribution is -2.52. The van der Waals surface area contributed by atoms with E-state index in [-0.39, 0.29) is 11.8 Å². The summed E-state index contributed by atoms with van der Waals surface area (Å²) in [6.45, 7) is 2.63. The van der Waals surface area contributed by atoms with Gasteiger partial charge in [0.1, 0.15) is 5.82 Å². The molecule has 26 heavy (non-hydrogen) atoms. The van der Waals surface area contributed by atoms with Crippen LogP contribution in [0, 0.1) is 11.8 Å². The predicted octanol–water partition coefficient (Wildman–Crippen LogP) is 1.91. The molecule has 2 fully saturated rings. The van der Waals surface area contributed by atoms with E-state index in [9.17, 15) is 4.79 Å². The van der Waals surface area contributed by atoms with E-state index in [1.807, 2.05) is 16.6 Å². The summed E-state index contributed by atoms with van der Waals surface area (Å²) in [5.74, 6) is 3.37. The summed E-state index contributed by atoms with van der Waals surface area (Å²) in [6, 6.07) is 4.01. The molecule has 3 heterocycles. The zero-order valence-corrected chi connectivity index (χ0v) is 14.8. The molecule has 1 amide bonds. The topological polar surface area (TPSA) is 75.4 Å². The molecule has 1 unspecified atom stereocenters. The van der Waals surface area contributed by atoms with Crippen LogP contribution in [0.1, 0.15) is 43.8 Å². The van der Waals surface area contributed by atoms with E-state index in [0.29, 0.717) is 11.8 Å². The molecule has 7 heteroatoms. The van der Waals surface area contributed by atoms with E-state index >= 15 is 0 Å². The monoisotopic (exact) mass is 352 g/mol. The Morgan fingerprint density at radius 3 is 2.81 bits per heavy atom. The van der Waals surface area contributed by atoms with Crippen molar-refractivity contribution in [3.63, 3.8) is 0 Å². The Kier molecular flexibility index (Phi) is 3.87. The third kappa shape index (κ3) is 2.95. The molecule has 1 N–H and O–H groups in total. The molecule has 5 rings (SSSR count). The van der Waals surface area contributed by atoms with Crippen LogP contribution in [0.3, 0.4) is 0 Å². The lowest BCUT2D eigenvalue weighted by atomic mass is 9.93. The summed E-state index contributed by atoms with van der Waals surface area (Å²) in [5, 5.41) is 16.4. The maximum absolute atomic E-state index is 12.2. The number of hydrogen-bond donors (Lipinski definition) is 1. The molecule has 7 nitrogen and oxygen atoms in total. The van der Waals surface area contributed by atoms with Crippen molar-refractivity contribution in [2.45, 2.75) is 38.0 Å². The van der Waals surface area contributed by atoms with Gasteiger partial charge >= 0.3 is 0 Å². The van der Waals surface area contributed by atoms with Gasteiger partial charge in [-0.2, -0.15) is 4.52 Å². The fourth-order valence-electron chi connectivity index (χ4n) is 3.87. The van der Waals surface area contributed by atoms with E-state index < -0.39 is 0 Å². The van der Waals surface area contributed by atoms with Crippen molar-refractivity contribution in [3.8, 4) is 0 Å². The van der Waals surface area contributed by atoms with Crippen LogP contribution in [-0.2, 0) is 4.79 Å². The highest BCUT2D eigenvalue weighted by Crippen LogP contribution is 2.38. The van der Waals surface area contributed by atoms with Crippen molar-refractivity contribution >= 4 is 17.4 Å². The number of carbonyl (C=O) groups is 1. The molecule has 2 aliphatic carbocycles. The van der Waals surface area contributed by atoms with Crippen LogP contribution in [0.5, 0.6) is 0 Å². The summed E-state index contributed by atoms with van der Waals surface area (Å²) >= 11 is 0. The van der Waals surface area contributed by atoms with Gasteiger partial charge in [0.15, 0.2) is 11.5 Å². The van der Waals surface area contributed by atoms with Gasteiger partial charge in [0.05, 0.1) is 0 Å². The summed E-state index contributed by atoms with van der Waals surface area (Å²) in [4.78, 5) is 14.5. The Bertz CT molecular complexity index is 849. The first-order valence-corrected chi connectivity index (χ1v) is 9.68. The highest BCUT2D eigenvalue weighted by Gasteiger charge is 2.31. The Morgan fingerprint density at radius 1 is 1.15 bits per heavy atom. The van der Waals surface area contributed by atoms with Crippen LogP contribution >= 0.6 is 0 Å². The lowest BCUT2D eigenvalue weighted by molar-refractivity contribution is -0.125. The van der Waals surface area contributed by atoms with Gasteiger partial charge in [-0.3, -0.25) is 4.79 Å². The van der Waals surface area contributed by atoms with Crippen LogP contribution < -0.4 is 10.2 Å². The number of anilines is 1. The number of hydrogen-bond acceptors (Lipinski definition) is 5. The third-order valence-corrected chi connectivity index (χ3v) is 5.70. The first kappa shape index (κ1) is 15.8. The van der Waals surface area contributed by atoms with Crippen LogP contribution in [0.25, 0.3) is 5.65 Å². The molecule has 3 aliphatic rings. The minimum atomic E-state index is 0.162. The Labute approximate surface area is 152 Å². The number of rotatable bonds is 5. The van der Waals surface area contributed by atoms with E-state index in [4.69, 9.17) is 5.10 Å². The number of amides is 1. The first-order valence-electron chi connectivity index (χ1n) is 9.68. The van der Waals surface area contributed by atoms with Gasteiger partial charge in [0.2, 0.25) is 5.91 Å². The van der Waals surface area contributed by atoms with Crippen molar-refractivity contribution < 1.29 is 4.79 Å². The van der Waals surface area contributed by atoms with Gasteiger partial charge in [0, 0.05) is 37.4 Å². The highest BCUT2D eigenvalue weighted by atomic mass is 16.1. The Hall–Kier alpha value is -2.44. The first-order chi connectivity index (χ1) is 12.8. The molecular weight excluding hydrogens is 328 g/mol.